The van der Waals surface area contributed by atoms with Gasteiger partial charge in [-0.15, -0.1) is 0 Å². The van der Waals surface area contributed by atoms with E-state index in [4.69, 9.17) is 0 Å². The van der Waals surface area contributed by atoms with E-state index >= 15 is 0 Å². The summed E-state index contributed by atoms with van der Waals surface area (Å²) in [5.74, 6) is 0.781. The lowest BCUT2D eigenvalue weighted by Crippen LogP contribution is -2.04. The fraction of sp³-hybridized carbons (Fsp3) is 0.214. The second-order valence-electron chi connectivity index (χ2n) is 4.54. The molecule has 0 saturated heterocycles. The highest BCUT2D eigenvalue weighted by atomic mass is 15.1. The van der Waals surface area contributed by atoms with Gasteiger partial charge in [-0.3, -0.25) is 0 Å². The normalized spacial score (nSPS) is 10.8. The van der Waals surface area contributed by atoms with Crippen LogP contribution in [0.1, 0.15) is 16.7 Å². The molecule has 0 radical (unpaired) electrons. The zero-order chi connectivity index (χ0) is 13.2. The largest absolute Gasteiger partial charge is 0.364 e. The first kappa shape index (κ1) is 11.6. The highest BCUT2D eigenvalue weighted by molar-refractivity contribution is 5.81. The molecule has 3 aromatic rings. The smallest absolute Gasteiger partial charge is 0.182 e. The maximum atomic E-state index is 4.25. The number of nitrogens with zero attached hydrogens (tertiary/aromatic N) is 3. The van der Waals surface area contributed by atoms with Gasteiger partial charge in [0, 0.05) is 6.54 Å². The molecule has 96 valence electrons. The third kappa shape index (κ3) is 2.14. The number of H-pyrrole nitrogens is 1. The van der Waals surface area contributed by atoms with E-state index in [0.29, 0.717) is 5.65 Å². The fourth-order valence-electron chi connectivity index (χ4n) is 2.08. The van der Waals surface area contributed by atoms with Crippen LogP contribution >= 0.6 is 0 Å². The molecule has 0 amide bonds. The highest BCUT2D eigenvalue weighted by Gasteiger charge is 2.06. The zero-order valence-corrected chi connectivity index (χ0v) is 10.9. The lowest BCUT2D eigenvalue weighted by molar-refractivity contribution is 1.07. The van der Waals surface area contributed by atoms with E-state index in [9.17, 15) is 0 Å². The van der Waals surface area contributed by atoms with Crippen LogP contribution < -0.4 is 5.32 Å². The van der Waals surface area contributed by atoms with E-state index in [0.717, 1.165) is 17.9 Å². The molecule has 0 aliphatic heterocycles. The molecular weight excluding hydrogens is 238 g/mol. The van der Waals surface area contributed by atoms with Crippen molar-refractivity contribution in [1.82, 2.24) is 19.9 Å². The minimum absolute atomic E-state index is 0.679. The first-order valence-corrected chi connectivity index (χ1v) is 6.19. The number of anilines is 1. The van der Waals surface area contributed by atoms with Crippen molar-refractivity contribution < 1.29 is 0 Å². The number of rotatable bonds is 3. The lowest BCUT2D eigenvalue weighted by Gasteiger charge is -2.10. The molecule has 19 heavy (non-hydrogen) atoms. The summed E-state index contributed by atoms with van der Waals surface area (Å²) >= 11 is 0. The summed E-state index contributed by atoms with van der Waals surface area (Å²) in [7, 11) is 0. The van der Waals surface area contributed by atoms with Crippen molar-refractivity contribution in [2.45, 2.75) is 20.4 Å². The number of imidazole rings is 1. The summed E-state index contributed by atoms with van der Waals surface area (Å²) < 4.78 is 0. The molecule has 0 saturated carbocycles. The van der Waals surface area contributed by atoms with E-state index in [-0.39, 0.29) is 0 Å². The SMILES string of the molecule is Cc1cccc(CNc2ncnc3nc[nH]c23)c1C. The molecule has 0 aliphatic carbocycles. The number of aryl methyl sites for hydroxylation is 1. The van der Waals surface area contributed by atoms with Gasteiger partial charge in [-0.1, -0.05) is 18.2 Å². The van der Waals surface area contributed by atoms with Crippen LogP contribution in [-0.4, -0.2) is 19.9 Å². The Balaban J connectivity index is 1.86. The number of fused-ring (bicyclic) bond motifs is 1. The summed E-state index contributed by atoms with van der Waals surface area (Å²) in [6.45, 7) is 4.99. The topological polar surface area (TPSA) is 66.5 Å². The fourth-order valence-corrected chi connectivity index (χ4v) is 2.08. The number of nitrogens with one attached hydrogen (secondary N) is 2. The molecule has 0 fully saturated rings. The third-order valence-corrected chi connectivity index (χ3v) is 3.39. The maximum absolute atomic E-state index is 4.25. The number of hydrogen-bond acceptors (Lipinski definition) is 4. The number of aromatic amines is 1. The summed E-state index contributed by atoms with van der Waals surface area (Å²) in [6.07, 6.45) is 3.15. The van der Waals surface area contributed by atoms with E-state index in [1.54, 1.807) is 6.33 Å². The van der Waals surface area contributed by atoms with E-state index < -0.39 is 0 Å². The summed E-state index contributed by atoms with van der Waals surface area (Å²) in [5.41, 5.74) is 5.40. The molecule has 2 heterocycles. The molecule has 0 bridgehead atoms. The lowest BCUT2D eigenvalue weighted by atomic mass is 10.0. The van der Waals surface area contributed by atoms with Crippen molar-refractivity contribution in [2.75, 3.05) is 5.32 Å². The monoisotopic (exact) mass is 253 g/mol. The van der Waals surface area contributed by atoms with Gasteiger partial charge >= 0.3 is 0 Å². The van der Waals surface area contributed by atoms with Gasteiger partial charge in [0.2, 0.25) is 0 Å². The zero-order valence-electron chi connectivity index (χ0n) is 10.9. The second kappa shape index (κ2) is 4.68. The molecule has 1 aromatic carbocycles. The van der Waals surface area contributed by atoms with Crippen molar-refractivity contribution in [1.29, 1.82) is 0 Å². The Labute approximate surface area is 111 Å². The Morgan fingerprint density at radius 2 is 2.05 bits per heavy atom. The molecule has 3 rings (SSSR count). The van der Waals surface area contributed by atoms with Gasteiger partial charge in [0.05, 0.1) is 6.33 Å². The Bertz CT molecular complexity index is 717. The van der Waals surface area contributed by atoms with Crippen molar-refractivity contribution >= 4 is 17.0 Å². The Kier molecular flexibility index (Phi) is 2.87. The Hall–Kier alpha value is -2.43. The third-order valence-electron chi connectivity index (χ3n) is 3.39. The van der Waals surface area contributed by atoms with Gasteiger partial charge < -0.3 is 10.3 Å². The number of hydrogen-bond donors (Lipinski definition) is 2. The van der Waals surface area contributed by atoms with Gasteiger partial charge in [-0.05, 0) is 30.5 Å². The molecule has 5 nitrogen and oxygen atoms in total. The molecule has 0 spiro atoms. The van der Waals surface area contributed by atoms with Crippen molar-refractivity contribution in [3.63, 3.8) is 0 Å². The van der Waals surface area contributed by atoms with Crippen molar-refractivity contribution in [3.05, 3.63) is 47.5 Å². The van der Waals surface area contributed by atoms with Gasteiger partial charge in [-0.25, -0.2) is 15.0 Å². The van der Waals surface area contributed by atoms with Crippen molar-refractivity contribution in [2.24, 2.45) is 0 Å². The van der Waals surface area contributed by atoms with E-state index in [1.165, 1.54) is 23.0 Å². The quantitative estimate of drug-likeness (QED) is 0.753. The van der Waals surface area contributed by atoms with Gasteiger partial charge in [0.1, 0.15) is 11.8 Å². The standard InChI is InChI=1S/C14H15N5/c1-9-4-3-5-11(10(9)2)6-15-13-12-14(17-7-16-12)19-8-18-13/h3-5,7-8H,6H2,1-2H3,(H2,15,16,17,18,19). The average Bonchev–Trinajstić information content (AvgIpc) is 2.89. The van der Waals surface area contributed by atoms with Gasteiger partial charge in [0.25, 0.3) is 0 Å². The van der Waals surface area contributed by atoms with Crippen LogP contribution in [0.4, 0.5) is 5.82 Å². The van der Waals surface area contributed by atoms with E-state index in [1.807, 2.05) is 0 Å². The Morgan fingerprint density at radius 3 is 2.95 bits per heavy atom. The maximum Gasteiger partial charge on any atom is 0.182 e. The Morgan fingerprint density at radius 1 is 1.16 bits per heavy atom. The van der Waals surface area contributed by atoms with Crippen LogP contribution in [0.15, 0.2) is 30.9 Å². The van der Waals surface area contributed by atoms with E-state index in [2.05, 4.69) is 57.3 Å². The van der Waals surface area contributed by atoms with Crippen LogP contribution in [-0.2, 0) is 6.54 Å². The number of benzene rings is 1. The van der Waals surface area contributed by atoms with Gasteiger partial charge in [0.15, 0.2) is 11.5 Å². The number of aromatic nitrogens is 4. The first-order valence-electron chi connectivity index (χ1n) is 6.19. The molecular formula is C14H15N5. The first-order chi connectivity index (χ1) is 9.25. The predicted octanol–water partition coefficient (Wildman–Crippen LogP) is 2.58. The second-order valence-corrected chi connectivity index (χ2v) is 4.54. The summed E-state index contributed by atoms with van der Waals surface area (Å²) in [5, 5.41) is 3.34. The minimum atomic E-state index is 0.679. The molecule has 2 aromatic heterocycles. The minimum Gasteiger partial charge on any atom is -0.364 e. The van der Waals surface area contributed by atoms with Gasteiger partial charge in [-0.2, -0.15) is 0 Å². The van der Waals surface area contributed by atoms with Crippen LogP contribution in [0.2, 0.25) is 0 Å². The van der Waals surface area contributed by atoms with Crippen molar-refractivity contribution in [3.8, 4) is 0 Å². The molecule has 0 unspecified atom stereocenters. The molecule has 0 atom stereocenters. The molecule has 0 aliphatic rings. The van der Waals surface area contributed by atoms with Crippen LogP contribution in [0.5, 0.6) is 0 Å². The summed E-state index contributed by atoms with van der Waals surface area (Å²) in [6, 6.07) is 6.32. The highest BCUT2D eigenvalue weighted by Crippen LogP contribution is 2.17. The predicted molar refractivity (Wildman–Crippen MR) is 74.9 cm³/mol. The summed E-state index contributed by atoms with van der Waals surface area (Å²) in [4.78, 5) is 15.5. The van der Waals surface area contributed by atoms with Crippen LogP contribution in [0.25, 0.3) is 11.2 Å². The van der Waals surface area contributed by atoms with Crippen LogP contribution in [0.3, 0.4) is 0 Å². The molecule has 2 N–H and O–H groups in total. The van der Waals surface area contributed by atoms with Crippen LogP contribution in [0, 0.1) is 13.8 Å². The molecule has 5 heteroatoms. The average molecular weight is 253 g/mol.